The fraction of sp³-hybridized carbons (Fsp3) is 0.259. The van der Waals surface area contributed by atoms with E-state index in [1.807, 2.05) is 59.3 Å². The molecule has 186 valence electrons. The fourth-order valence-electron chi connectivity index (χ4n) is 4.24. The topological polar surface area (TPSA) is 119 Å². The first-order valence-electron chi connectivity index (χ1n) is 11.9. The number of nitrogen functional groups attached to an aromatic ring is 1. The molecule has 9 heteroatoms. The van der Waals surface area contributed by atoms with Gasteiger partial charge in [0.2, 0.25) is 5.91 Å². The first-order valence-corrected chi connectivity index (χ1v) is 11.9. The summed E-state index contributed by atoms with van der Waals surface area (Å²) in [5, 5.41) is 13.2. The minimum Gasteiger partial charge on any atom is -0.457 e. The number of nitrogens with two attached hydrogens (primary N) is 1. The Morgan fingerprint density at radius 2 is 1.86 bits per heavy atom. The van der Waals surface area contributed by atoms with Gasteiger partial charge in [-0.2, -0.15) is 5.10 Å². The van der Waals surface area contributed by atoms with Crippen molar-refractivity contribution in [1.29, 1.82) is 0 Å². The standard InChI is InChI=1S/C25H24N6O2.C2H6O/c1-2-21(32)30-14-6-7-18(15-30)31-25-22(24(26)27-16-28-25)23(29-31)17-10-12-20(13-11-17)33-19-8-4-3-5-9-19;1-2-3/h2-5,8-13,16,18H,1,6-7,14-15H2,(H2,26,27,28);3H,2H2,1H3/t18-;/m1./s1. The largest absolute Gasteiger partial charge is 0.457 e. The summed E-state index contributed by atoms with van der Waals surface area (Å²) >= 11 is 0. The lowest BCUT2D eigenvalue weighted by atomic mass is 10.1. The molecule has 36 heavy (non-hydrogen) atoms. The number of hydrogen-bond donors (Lipinski definition) is 2. The highest BCUT2D eigenvalue weighted by atomic mass is 16.5. The zero-order valence-electron chi connectivity index (χ0n) is 20.2. The van der Waals surface area contributed by atoms with Crippen LogP contribution in [0.2, 0.25) is 0 Å². The number of benzene rings is 2. The van der Waals surface area contributed by atoms with E-state index in [1.165, 1.54) is 12.4 Å². The Morgan fingerprint density at radius 3 is 2.56 bits per heavy atom. The summed E-state index contributed by atoms with van der Waals surface area (Å²) in [5.41, 5.74) is 8.52. The van der Waals surface area contributed by atoms with Crippen LogP contribution in [0.25, 0.3) is 22.3 Å². The van der Waals surface area contributed by atoms with Crippen molar-refractivity contribution >= 4 is 22.8 Å². The molecule has 1 atom stereocenters. The Bertz CT molecular complexity index is 1320. The molecule has 3 N–H and O–H groups in total. The van der Waals surface area contributed by atoms with Crippen molar-refractivity contribution in [2.75, 3.05) is 25.4 Å². The molecule has 0 unspecified atom stereocenters. The first-order chi connectivity index (χ1) is 17.5. The van der Waals surface area contributed by atoms with Gasteiger partial charge in [0.25, 0.3) is 0 Å². The number of anilines is 1. The highest BCUT2D eigenvalue weighted by Gasteiger charge is 2.28. The van der Waals surface area contributed by atoms with Gasteiger partial charge in [-0.1, -0.05) is 24.8 Å². The van der Waals surface area contributed by atoms with Gasteiger partial charge in [-0.05, 0) is 62.2 Å². The second-order valence-corrected chi connectivity index (χ2v) is 8.29. The lowest BCUT2D eigenvalue weighted by molar-refractivity contribution is -0.127. The molecule has 0 aliphatic carbocycles. The van der Waals surface area contributed by atoms with Crippen molar-refractivity contribution in [3.05, 3.63) is 73.6 Å². The second-order valence-electron chi connectivity index (χ2n) is 8.29. The van der Waals surface area contributed by atoms with Gasteiger partial charge in [-0.15, -0.1) is 0 Å². The maximum Gasteiger partial charge on any atom is 0.246 e. The SMILES string of the molecule is C=CC(=O)N1CCC[C@@H](n2nc(-c3ccc(Oc4ccccc4)cc3)c3c(N)ncnc32)C1.CCO. The van der Waals surface area contributed by atoms with E-state index in [0.29, 0.717) is 35.6 Å². The first kappa shape index (κ1) is 24.9. The average Bonchev–Trinajstić information content (AvgIpc) is 3.31. The zero-order valence-corrected chi connectivity index (χ0v) is 20.2. The van der Waals surface area contributed by atoms with E-state index in [9.17, 15) is 4.79 Å². The van der Waals surface area contributed by atoms with E-state index in [0.717, 1.165) is 29.9 Å². The third-order valence-electron chi connectivity index (χ3n) is 5.85. The van der Waals surface area contributed by atoms with Crippen LogP contribution < -0.4 is 10.5 Å². The van der Waals surface area contributed by atoms with Crippen LogP contribution >= 0.6 is 0 Å². The number of aliphatic hydroxyl groups is 1. The molecule has 2 aromatic carbocycles. The average molecular weight is 487 g/mol. The predicted octanol–water partition coefficient (Wildman–Crippen LogP) is 4.22. The molecule has 1 fully saturated rings. The Labute approximate surface area is 209 Å². The van der Waals surface area contributed by atoms with Crippen LogP contribution in [-0.4, -0.2) is 55.4 Å². The maximum absolute atomic E-state index is 12.2. The number of likely N-dealkylation sites (tertiary alicyclic amines) is 1. The minimum atomic E-state index is -0.0699. The number of piperidine rings is 1. The van der Waals surface area contributed by atoms with Crippen LogP contribution in [0.3, 0.4) is 0 Å². The Balaban J connectivity index is 0.000000967. The van der Waals surface area contributed by atoms with Crippen molar-refractivity contribution < 1.29 is 14.6 Å². The van der Waals surface area contributed by atoms with E-state index in [1.54, 1.807) is 11.8 Å². The lowest BCUT2D eigenvalue weighted by Gasteiger charge is -2.32. The number of carbonyl (C=O) groups excluding carboxylic acids is 1. The van der Waals surface area contributed by atoms with Gasteiger partial charge >= 0.3 is 0 Å². The highest BCUT2D eigenvalue weighted by molar-refractivity contribution is 5.98. The van der Waals surface area contributed by atoms with Crippen LogP contribution in [-0.2, 0) is 4.79 Å². The number of hydrogen-bond acceptors (Lipinski definition) is 7. The predicted molar refractivity (Wildman–Crippen MR) is 139 cm³/mol. The van der Waals surface area contributed by atoms with Gasteiger partial charge in [0.1, 0.15) is 29.3 Å². The van der Waals surface area contributed by atoms with E-state index >= 15 is 0 Å². The molecule has 0 spiro atoms. The Hall–Kier alpha value is -4.24. The summed E-state index contributed by atoms with van der Waals surface area (Å²) in [6, 6.07) is 17.3. The quantitative estimate of drug-likeness (QED) is 0.405. The normalized spacial score (nSPS) is 15.2. The maximum atomic E-state index is 12.2. The van der Waals surface area contributed by atoms with Gasteiger partial charge in [-0.3, -0.25) is 4.79 Å². The monoisotopic (exact) mass is 486 g/mol. The van der Waals surface area contributed by atoms with Gasteiger partial charge in [0.05, 0.1) is 11.4 Å². The van der Waals surface area contributed by atoms with Crippen LogP contribution in [0, 0.1) is 0 Å². The van der Waals surface area contributed by atoms with Crippen LogP contribution in [0.5, 0.6) is 11.5 Å². The number of fused-ring (bicyclic) bond motifs is 1. The van der Waals surface area contributed by atoms with Crippen LogP contribution in [0.15, 0.2) is 73.6 Å². The molecule has 9 nitrogen and oxygen atoms in total. The van der Waals surface area contributed by atoms with E-state index in [4.69, 9.17) is 20.7 Å². The summed E-state index contributed by atoms with van der Waals surface area (Å²) in [5.74, 6) is 1.80. The number of rotatable bonds is 5. The molecule has 4 aromatic rings. The lowest BCUT2D eigenvalue weighted by Crippen LogP contribution is -2.40. The third kappa shape index (κ3) is 5.36. The number of carbonyl (C=O) groups is 1. The number of nitrogens with zero attached hydrogens (tertiary/aromatic N) is 5. The summed E-state index contributed by atoms with van der Waals surface area (Å²) in [6.07, 6.45) is 4.58. The number of aliphatic hydroxyl groups excluding tert-OH is 1. The van der Waals surface area contributed by atoms with Crippen LogP contribution in [0.4, 0.5) is 5.82 Å². The van der Waals surface area contributed by atoms with Crippen molar-refractivity contribution in [3.63, 3.8) is 0 Å². The molecular formula is C27H30N6O3. The summed E-state index contributed by atoms with van der Waals surface area (Å²) in [4.78, 5) is 22.7. The molecule has 1 aliphatic heterocycles. The Morgan fingerprint density at radius 1 is 1.17 bits per heavy atom. The number of amides is 1. The van der Waals surface area contributed by atoms with E-state index in [-0.39, 0.29) is 18.6 Å². The van der Waals surface area contributed by atoms with Crippen molar-refractivity contribution in [2.45, 2.75) is 25.8 Å². The van der Waals surface area contributed by atoms with Crippen molar-refractivity contribution in [1.82, 2.24) is 24.6 Å². The molecule has 2 aromatic heterocycles. The van der Waals surface area contributed by atoms with Crippen LogP contribution in [0.1, 0.15) is 25.8 Å². The van der Waals surface area contributed by atoms with Gasteiger partial charge in [-0.25, -0.2) is 14.6 Å². The van der Waals surface area contributed by atoms with Crippen molar-refractivity contribution in [2.24, 2.45) is 0 Å². The van der Waals surface area contributed by atoms with Gasteiger partial charge < -0.3 is 20.5 Å². The van der Waals surface area contributed by atoms with Gasteiger partial charge in [0, 0.05) is 25.3 Å². The van der Waals surface area contributed by atoms with Crippen molar-refractivity contribution in [3.8, 4) is 22.8 Å². The number of ether oxygens (including phenoxy) is 1. The molecular weight excluding hydrogens is 456 g/mol. The summed E-state index contributed by atoms with van der Waals surface area (Å²) in [7, 11) is 0. The minimum absolute atomic E-state index is 0.00566. The summed E-state index contributed by atoms with van der Waals surface area (Å²) < 4.78 is 7.79. The van der Waals surface area contributed by atoms with Gasteiger partial charge in [0.15, 0.2) is 5.65 Å². The second kappa shape index (κ2) is 11.5. The van der Waals surface area contributed by atoms with E-state index in [2.05, 4.69) is 16.5 Å². The summed E-state index contributed by atoms with van der Waals surface area (Å²) in [6.45, 7) is 6.81. The third-order valence-corrected chi connectivity index (χ3v) is 5.85. The molecule has 0 radical (unpaired) electrons. The smallest absolute Gasteiger partial charge is 0.246 e. The Kier molecular flexibility index (Phi) is 7.92. The molecule has 1 saturated heterocycles. The fourth-order valence-corrected chi connectivity index (χ4v) is 4.24. The highest BCUT2D eigenvalue weighted by Crippen LogP contribution is 2.34. The molecule has 1 aliphatic rings. The molecule has 5 rings (SSSR count). The molecule has 0 bridgehead atoms. The van der Waals surface area contributed by atoms with E-state index < -0.39 is 0 Å². The number of para-hydroxylation sites is 1. The molecule has 3 heterocycles. The molecule has 0 saturated carbocycles. The number of aromatic nitrogens is 4. The molecule has 1 amide bonds. The zero-order chi connectivity index (χ0) is 25.5.